The van der Waals surface area contributed by atoms with Crippen LogP contribution in [0, 0.1) is 12.8 Å². The van der Waals surface area contributed by atoms with Crippen LogP contribution in [0.5, 0.6) is 0 Å². The average molecular weight is 261 g/mol. The molecule has 1 aromatic carbocycles. The van der Waals surface area contributed by atoms with Gasteiger partial charge in [-0.25, -0.2) is 0 Å². The monoisotopic (exact) mass is 261 g/mol. The zero-order valence-electron chi connectivity index (χ0n) is 12.7. The first-order valence-corrected chi connectivity index (χ1v) is 7.27. The van der Waals surface area contributed by atoms with Gasteiger partial charge >= 0.3 is 0 Å². The van der Waals surface area contributed by atoms with E-state index in [0.717, 1.165) is 19.6 Å². The second-order valence-corrected chi connectivity index (χ2v) is 5.98. The molecule has 0 aromatic heterocycles. The zero-order chi connectivity index (χ0) is 13.8. The van der Waals surface area contributed by atoms with E-state index in [9.17, 15) is 0 Å². The van der Waals surface area contributed by atoms with Crippen molar-refractivity contribution in [3.05, 3.63) is 29.8 Å². The lowest BCUT2D eigenvalue weighted by Gasteiger charge is -2.34. The minimum atomic E-state index is 0.543. The number of rotatable bonds is 3. The van der Waals surface area contributed by atoms with Crippen LogP contribution in [-0.4, -0.2) is 51.2 Å². The van der Waals surface area contributed by atoms with Gasteiger partial charge in [-0.1, -0.05) is 25.1 Å². The highest BCUT2D eigenvalue weighted by atomic mass is 15.3. The Labute approximate surface area is 117 Å². The Morgan fingerprint density at radius 2 is 1.95 bits per heavy atom. The minimum Gasteiger partial charge on any atom is -0.365 e. The van der Waals surface area contributed by atoms with Crippen molar-refractivity contribution in [2.45, 2.75) is 19.9 Å². The molecule has 3 heteroatoms. The Kier molecular flexibility index (Phi) is 4.83. The lowest BCUT2D eigenvalue weighted by molar-refractivity contribution is 0.302. The molecule has 1 aliphatic rings. The van der Waals surface area contributed by atoms with Gasteiger partial charge in [-0.2, -0.15) is 0 Å². The molecule has 0 aliphatic carbocycles. The van der Waals surface area contributed by atoms with Gasteiger partial charge in [0.2, 0.25) is 0 Å². The Balaban J connectivity index is 2.29. The highest BCUT2D eigenvalue weighted by Gasteiger charge is 2.26. The van der Waals surface area contributed by atoms with Crippen molar-refractivity contribution >= 4 is 5.69 Å². The maximum absolute atomic E-state index is 3.35. The third-order valence-corrected chi connectivity index (χ3v) is 3.96. The summed E-state index contributed by atoms with van der Waals surface area (Å²) in [6.45, 7) is 9.05. The van der Waals surface area contributed by atoms with Crippen LogP contribution in [0.25, 0.3) is 0 Å². The van der Waals surface area contributed by atoms with E-state index in [0.29, 0.717) is 12.0 Å². The molecule has 1 fully saturated rings. The maximum Gasteiger partial charge on any atom is 0.0541 e. The molecule has 0 saturated carbocycles. The average Bonchev–Trinajstić information content (AvgIpc) is 2.49. The molecular weight excluding hydrogens is 234 g/mol. The van der Waals surface area contributed by atoms with Crippen molar-refractivity contribution in [1.82, 2.24) is 10.2 Å². The smallest absolute Gasteiger partial charge is 0.0541 e. The van der Waals surface area contributed by atoms with Gasteiger partial charge in [0.05, 0.1) is 6.04 Å². The molecule has 2 atom stereocenters. The number of anilines is 1. The van der Waals surface area contributed by atoms with E-state index in [-0.39, 0.29) is 0 Å². The summed E-state index contributed by atoms with van der Waals surface area (Å²) in [7, 11) is 4.28. The topological polar surface area (TPSA) is 18.5 Å². The number of nitrogens with zero attached hydrogens (tertiary/aromatic N) is 2. The molecule has 2 unspecified atom stereocenters. The van der Waals surface area contributed by atoms with Crippen molar-refractivity contribution in [3.63, 3.8) is 0 Å². The van der Waals surface area contributed by atoms with Crippen LogP contribution in [0.1, 0.15) is 12.5 Å². The summed E-state index contributed by atoms with van der Waals surface area (Å²) in [4.78, 5) is 5.06. The molecule has 106 valence electrons. The van der Waals surface area contributed by atoms with Gasteiger partial charge in [0.25, 0.3) is 0 Å². The standard InChI is InChI=1S/C16H27N3/c1-13-10-18(4)12-15(9-17-3)19(11-13)16-8-6-5-7-14(16)2/h5-8,13,15,17H,9-12H2,1-4H3. The number of hydrogen-bond donors (Lipinski definition) is 1. The van der Waals surface area contributed by atoms with E-state index in [4.69, 9.17) is 0 Å². The number of para-hydroxylation sites is 1. The summed E-state index contributed by atoms with van der Waals surface area (Å²) in [6.07, 6.45) is 0. The molecule has 1 N–H and O–H groups in total. The summed E-state index contributed by atoms with van der Waals surface area (Å²) < 4.78 is 0. The van der Waals surface area contributed by atoms with E-state index in [1.807, 2.05) is 7.05 Å². The highest BCUT2D eigenvalue weighted by Crippen LogP contribution is 2.25. The molecule has 2 rings (SSSR count). The maximum atomic E-state index is 3.35. The van der Waals surface area contributed by atoms with Crippen molar-refractivity contribution in [3.8, 4) is 0 Å². The number of hydrogen-bond acceptors (Lipinski definition) is 3. The molecule has 1 saturated heterocycles. The van der Waals surface area contributed by atoms with E-state index < -0.39 is 0 Å². The molecule has 1 aliphatic heterocycles. The van der Waals surface area contributed by atoms with Crippen molar-refractivity contribution < 1.29 is 0 Å². The van der Waals surface area contributed by atoms with Gasteiger partial charge in [0.15, 0.2) is 0 Å². The lowest BCUT2D eigenvalue weighted by atomic mass is 10.1. The molecule has 19 heavy (non-hydrogen) atoms. The minimum absolute atomic E-state index is 0.543. The van der Waals surface area contributed by atoms with Gasteiger partial charge in [0.1, 0.15) is 0 Å². The van der Waals surface area contributed by atoms with Crippen LogP contribution >= 0.6 is 0 Å². The van der Waals surface area contributed by atoms with Crippen LogP contribution in [0.4, 0.5) is 5.69 Å². The molecular formula is C16H27N3. The van der Waals surface area contributed by atoms with Gasteiger partial charge in [-0.15, -0.1) is 0 Å². The molecule has 1 heterocycles. The van der Waals surface area contributed by atoms with Gasteiger partial charge in [-0.3, -0.25) is 0 Å². The number of benzene rings is 1. The molecule has 0 spiro atoms. The van der Waals surface area contributed by atoms with Crippen molar-refractivity contribution in [2.75, 3.05) is 45.2 Å². The van der Waals surface area contributed by atoms with Gasteiger partial charge in [0, 0.05) is 31.9 Å². The first-order valence-electron chi connectivity index (χ1n) is 7.27. The van der Waals surface area contributed by atoms with E-state index >= 15 is 0 Å². The van der Waals surface area contributed by atoms with E-state index in [2.05, 4.69) is 60.3 Å². The molecule has 1 aromatic rings. The summed E-state index contributed by atoms with van der Waals surface area (Å²) in [6, 6.07) is 9.29. The molecule has 3 nitrogen and oxygen atoms in total. The van der Waals surface area contributed by atoms with Crippen molar-refractivity contribution in [2.24, 2.45) is 5.92 Å². The normalized spacial score (nSPS) is 25.4. The second kappa shape index (κ2) is 6.40. The van der Waals surface area contributed by atoms with Gasteiger partial charge in [-0.05, 0) is 38.6 Å². The van der Waals surface area contributed by atoms with E-state index in [1.165, 1.54) is 17.8 Å². The SMILES string of the molecule is CNCC1CN(C)CC(C)CN1c1ccccc1C. The summed E-state index contributed by atoms with van der Waals surface area (Å²) in [5, 5.41) is 3.35. The predicted molar refractivity (Wildman–Crippen MR) is 82.9 cm³/mol. The third kappa shape index (κ3) is 3.48. The largest absolute Gasteiger partial charge is 0.365 e. The van der Waals surface area contributed by atoms with Crippen LogP contribution in [0.2, 0.25) is 0 Å². The molecule has 0 radical (unpaired) electrons. The molecule has 0 bridgehead atoms. The third-order valence-electron chi connectivity index (χ3n) is 3.96. The highest BCUT2D eigenvalue weighted by molar-refractivity contribution is 5.54. The van der Waals surface area contributed by atoms with Crippen LogP contribution in [0.3, 0.4) is 0 Å². The lowest BCUT2D eigenvalue weighted by Crippen LogP contribution is -2.46. The number of aryl methyl sites for hydroxylation is 1. The van der Waals surface area contributed by atoms with E-state index in [1.54, 1.807) is 0 Å². The summed E-state index contributed by atoms with van der Waals surface area (Å²) >= 11 is 0. The second-order valence-electron chi connectivity index (χ2n) is 5.98. The Hall–Kier alpha value is -1.06. The summed E-state index contributed by atoms with van der Waals surface area (Å²) in [5.41, 5.74) is 2.77. The Morgan fingerprint density at radius 1 is 1.21 bits per heavy atom. The van der Waals surface area contributed by atoms with Crippen LogP contribution < -0.4 is 10.2 Å². The fourth-order valence-electron chi connectivity index (χ4n) is 3.20. The quantitative estimate of drug-likeness (QED) is 0.897. The molecule has 0 amide bonds. The zero-order valence-corrected chi connectivity index (χ0v) is 12.7. The number of likely N-dealkylation sites (N-methyl/N-ethyl adjacent to an activating group) is 2. The van der Waals surface area contributed by atoms with Crippen molar-refractivity contribution in [1.29, 1.82) is 0 Å². The summed E-state index contributed by atoms with van der Waals surface area (Å²) in [5.74, 6) is 0.700. The Morgan fingerprint density at radius 3 is 2.63 bits per heavy atom. The van der Waals surface area contributed by atoms with Crippen LogP contribution in [-0.2, 0) is 0 Å². The van der Waals surface area contributed by atoms with Gasteiger partial charge < -0.3 is 15.1 Å². The fraction of sp³-hybridized carbons (Fsp3) is 0.625. The first kappa shape index (κ1) is 14.4. The van der Waals surface area contributed by atoms with Crippen LogP contribution in [0.15, 0.2) is 24.3 Å². The Bertz CT molecular complexity index is 405. The predicted octanol–water partition coefficient (Wildman–Crippen LogP) is 1.97. The fourth-order valence-corrected chi connectivity index (χ4v) is 3.20. The first-order chi connectivity index (χ1) is 9.11. The number of nitrogens with one attached hydrogen (secondary N) is 1.